The number of amides is 1. The maximum Gasteiger partial charge on any atom is 0.222 e. The minimum absolute atomic E-state index is 0.0160. The Morgan fingerprint density at radius 3 is 2.47 bits per heavy atom. The fourth-order valence-electron chi connectivity index (χ4n) is 1.36. The van der Waals surface area contributed by atoms with Gasteiger partial charge in [-0.2, -0.15) is 0 Å². The van der Waals surface area contributed by atoms with Gasteiger partial charge in [0.05, 0.1) is 25.9 Å². The van der Waals surface area contributed by atoms with Gasteiger partial charge in [-0.05, 0) is 27.2 Å². The topological polar surface area (TPSA) is 59.6 Å². The predicted molar refractivity (Wildman–Crippen MR) is 77.3 cm³/mol. The molecule has 0 aliphatic carbocycles. The summed E-state index contributed by atoms with van der Waals surface area (Å²) in [5.41, 5.74) is 0. The zero-order valence-corrected chi connectivity index (χ0v) is 12.8. The molecule has 0 saturated heterocycles. The van der Waals surface area contributed by atoms with E-state index in [1.165, 1.54) is 0 Å². The molecule has 2 N–H and O–H groups in total. The Morgan fingerprint density at radius 2 is 1.84 bits per heavy atom. The van der Waals surface area contributed by atoms with Crippen LogP contribution in [-0.4, -0.2) is 51.0 Å². The van der Waals surface area contributed by atoms with Crippen LogP contribution in [0.3, 0.4) is 0 Å². The third-order valence-corrected chi connectivity index (χ3v) is 2.70. The normalized spacial score (nSPS) is 12.7. The van der Waals surface area contributed by atoms with Gasteiger partial charge in [0.2, 0.25) is 5.91 Å². The first-order valence-electron chi connectivity index (χ1n) is 7.25. The van der Waals surface area contributed by atoms with Crippen molar-refractivity contribution in [1.29, 1.82) is 0 Å². The Morgan fingerprint density at radius 1 is 1.11 bits per heavy atom. The maximum atomic E-state index is 11.4. The number of ether oxygens (including phenoxy) is 2. The van der Waals surface area contributed by atoms with Crippen molar-refractivity contribution in [2.75, 3.05) is 32.9 Å². The molecule has 0 rings (SSSR count). The molecule has 0 fully saturated rings. The van der Waals surface area contributed by atoms with E-state index in [1.54, 1.807) is 0 Å². The maximum absolute atomic E-state index is 11.4. The lowest BCUT2D eigenvalue weighted by Crippen LogP contribution is -2.30. The quantitative estimate of drug-likeness (QED) is 0.527. The van der Waals surface area contributed by atoms with Crippen molar-refractivity contribution in [2.45, 2.75) is 52.7 Å². The van der Waals surface area contributed by atoms with Crippen molar-refractivity contribution in [3.05, 3.63) is 0 Å². The highest BCUT2D eigenvalue weighted by Crippen LogP contribution is 1.88. The summed E-state index contributed by atoms with van der Waals surface area (Å²) >= 11 is 0. The van der Waals surface area contributed by atoms with E-state index < -0.39 is 0 Å². The summed E-state index contributed by atoms with van der Waals surface area (Å²) in [6.07, 6.45) is 1.73. The lowest BCUT2D eigenvalue weighted by molar-refractivity contribution is -0.122. The molecule has 1 amide bonds. The summed E-state index contributed by atoms with van der Waals surface area (Å²) in [4.78, 5) is 11.4. The van der Waals surface area contributed by atoms with Crippen LogP contribution >= 0.6 is 0 Å². The first kappa shape index (κ1) is 18.4. The van der Waals surface area contributed by atoms with Gasteiger partial charge in [-0.1, -0.05) is 6.92 Å². The number of carbonyl (C=O) groups excluding carboxylic acids is 1. The second-order valence-electron chi connectivity index (χ2n) is 4.90. The fraction of sp³-hybridized carbons (Fsp3) is 0.929. The summed E-state index contributed by atoms with van der Waals surface area (Å²) in [6, 6.07) is 0.521. The lowest BCUT2D eigenvalue weighted by Gasteiger charge is -2.11. The second kappa shape index (κ2) is 12.4. The molecule has 0 aliphatic rings. The van der Waals surface area contributed by atoms with Gasteiger partial charge in [0, 0.05) is 25.6 Å². The highest BCUT2D eigenvalue weighted by Gasteiger charge is 2.01. The van der Waals surface area contributed by atoms with Crippen molar-refractivity contribution >= 4 is 5.91 Å². The van der Waals surface area contributed by atoms with Gasteiger partial charge in [-0.25, -0.2) is 0 Å². The molecular formula is C14H30N2O3. The van der Waals surface area contributed by atoms with Crippen LogP contribution in [0.25, 0.3) is 0 Å². The van der Waals surface area contributed by atoms with E-state index in [0.717, 1.165) is 13.0 Å². The molecule has 0 saturated carbocycles. The van der Waals surface area contributed by atoms with Crippen LogP contribution in [0.4, 0.5) is 0 Å². The number of hydrogen-bond acceptors (Lipinski definition) is 4. The Bertz CT molecular complexity index is 223. The average Bonchev–Trinajstić information content (AvgIpc) is 2.38. The fourth-order valence-corrected chi connectivity index (χ4v) is 1.36. The van der Waals surface area contributed by atoms with E-state index in [-0.39, 0.29) is 12.0 Å². The molecule has 0 bridgehead atoms. The van der Waals surface area contributed by atoms with Crippen molar-refractivity contribution < 1.29 is 14.3 Å². The van der Waals surface area contributed by atoms with Crippen LogP contribution in [0.1, 0.15) is 40.5 Å². The van der Waals surface area contributed by atoms with E-state index >= 15 is 0 Å². The third kappa shape index (κ3) is 13.6. The first-order valence-corrected chi connectivity index (χ1v) is 7.25. The summed E-state index contributed by atoms with van der Waals surface area (Å²) in [6.45, 7) is 11.3. The molecule has 0 heterocycles. The van der Waals surface area contributed by atoms with Crippen molar-refractivity contribution in [1.82, 2.24) is 10.6 Å². The minimum atomic E-state index is 0.0160. The van der Waals surface area contributed by atoms with Crippen LogP contribution < -0.4 is 10.6 Å². The van der Waals surface area contributed by atoms with Crippen LogP contribution in [-0.2, 0) is 14.3 Å². The highest BCUT2D eigenvalue weighted by molar-refractivity contribution is 5.75. The number of carbonyl (C=O) groups is 1. The van der Waals surface area contributed by atoms with Gasteiger partial charge in [0.25, 0.3) is 0 Å². The second-order valence-corrected chi connectivity index (χ2v) is 4.90. The summed E-state index contributed by atoms with van der Waals surface area (Å²) in [5, 5.41) is 6.13. The molecule has 114 valence electrons. The van der Waals surface area contributed by atoms with Gasteiger partial charge >= 0.3 is 0 Å². The van der Waals surface area contributed by atoms with Gasteiger partial charge < -0.3 is 20.1 Å². The summed E-state index contributed by atoms with van der Waals surface area (Å²) in [5.74, 6) is 0.0160. The van der Waals surface area contributed by atoms with Crippen molar-refractivity contribution in [3.63, 3.8) is 0 Å². The van der Waals surface area contributed by atoms with Gasteiger partial charge in [-0.3, -0.25) is 4.79 Å². The number of rotatable bonds is 12. The van der Waals surface area contributed by atoms with E-state index in [2.05, 4.69) is 24.5 Å². The summed E-state index contributed by atoms with van der Waals surface area (Å²) in [7, 11) is 0. The Labute approximate surface area is 117 Å². The SMILES string of the molecule is CCC(C)NCCOCCC(=O)NCCOC(C)C. The monoisotopic (exact) mass is 274 g/mol. The van der Waals surface area contributed by atoms with Crippen LogP contribution in [0.2, 0.25) is 0 Å². The molecule has 0 aliphatic heterocycles. The Hall–Kier alpha value is -0.650. The molecule has 5 nitrogen and oxygen atoms in total. The molecule has 19 heavy (non-hydrogen) atoms. The van der Waals surface area contributed by atoms with Gasteiger partial charge in [-0.15, -0.1) is 0 Å². The van der Waals surface area contributed by atoms with E-state index in [4.69, 9.17) is 9.47 Å². The zero-order valence-electron chi connectivity index (χ0n) is 12.8. The van der Waals surface area contributed by atoms with E-state index in [0.29, 0.717) is 38.8 Å². The molecule has 5 heteroatoms. The van der Waals surface area contributed by atoms with Gasteiger partial charge in [0.15, 0.2) is 0 Å². The largest absolute Gasteiger partial charge is 0.380 e. The van der Waals surface area contributed by atoms with E-state index in [9.17, 15) is 4.79 Å². The van der Waals surface area contributed by atoms with Crippen LogP contribution in [0.5, 0.6) is 0 Å². The molecule has 0 spiro atoms. The highest BCUT2D eigenvalue weighted by atomic mass is 16.5. The lowest BCUT2D eigenvalue weighted by atomic mass is 10.3. The Balaban J connectivity index is 3.25. The smallest absolute Gasteiger partial charge is 0.222 e. The van der Waals surface area contributed by atoms with E-state index in [1.807, 2.05) is 13.8 Å². The molecule has 0 radical (unpaired) electrons. The number of hydrogen-bond donors (Lipinski definition) is 2. The van der Waals surface area contributed by atoms with Crippen molar-refractivity contribution in [2.24, 2.45) is 0 Å². The molecule has 1 unspecified atom stereocenters. The number of nitrogens with one attached hydrogen (secondary N) is 2. The van der Waals surface area contributed by atoms with Crippen LogP contribution in [0, 0.1) is 0 Å². The molecular weight excluding hydrogens is 244 g/mol. The summed E-state index contributed by atoms with van der Waals surface area (Å²) < 4.78 is 10.7. The van der Waals surface area contributed by atoms with Crippen molar-refractivity contribution in [3.8, 4) is 0 Å². The molecule has 1 atom stereocenters. The van der Waals surface area contributed by atoms with Gasteiger partial charge in [0.1, 0.15) is 0 Å². The standard InChI is InChI=1S/C14H30N2O3/c1-5-13(4)15-7-10-18-9-6-14(17)16-8-11-19-12(2)3/h12-13,15H,5-11H2,1-4H3,(H,16,17). The average molecular weight is 274 g/mol. The first-order chi connectivity index (χ1) is 9.06. The predicted octanol–water partition coefficient (Wildman–Crippen LogP) is 1.32. The molecule has 0 aromatic carbocycles. The minimum Gasteiger partial charge on any atom is -0.380 e. The third-order valence-electron chi connectivity index (χ3n) is 2.70. The molecule has 0 aromatic heterocycles. The Kier molecular flexibility index (Phi) is 12.0. The van der Waals surface area contributed by atoms with Crippen LogP contribution in [0.15, 0.2) is 0 Å². The molecule has 0 aromatic rings. The zero-order chi connectivity index (χ0) is 14.5.